The van der Waals surface area contributed by atoms with Crippen LogP contribution < -0.4 is 5.73 Å². The van der Waals surface area contributed by atoms with Gasteiger partial charge in [-0.1, -0.05) is 0 Å². The molecule has 0 unspecified atom stereocenters. The maximum absolute atomic E-state index is 6.23. The zero-order valence-corrected chi connectivity index (χ0v) is 10.7. The maximum Gasteiger partial charge on any atom is 0.139 e. The lowest BCUT2D eigenvalue weighted by atomic mass is 10.3. The minimum absolute atomic E-state index is 0.573. The Labute approximate surface area is 110 Å². The molecule has 96 valence electrons. The second kappa shape index (κ2) is 3.60. The Bertz CT molecular complexity index is 763. The molecule has 0 aromatic carbocycles. The number of fused-ring (bicyclic) bond motifs is 1. The second-order valence-corrected chi connectivity index (χ2v) is 5.20. The van der Waals surface area contributed by atoms with Gasteiger partial charge in [0.15, 0.2) is 0 Å². The monoisotopic (exact) mass is 253 g/mol. The molecule has 5 heteroatoms. The van der Waals surface area contributed by atoms with E-state index in [9.17, 15) is 0 Å². The van der Waals surface area contributed by atoms with E-state index in [-0.39, 0.29) is 0 Å². The fourth-order valence-electron chi connectivity index (χ4n) is 2.49. The van der Waals surface area contributed by atoms with E-state index in [0.717, 1.165) is 17.0 Å². The Morgan fingerprint density at radius 2 is 2.21 bits per heavy atom. The number of pyridine rings is 1. The molecule has 0 aliphatic heterocycles. The summed E-state index contributed by atoms with van der Waals surface area (Å²) in [6, 6.07) is 4.65. The summed E-state index contributed by atoms with van der Waals surface area (Å²) in [5.74, 6) is 0.678. The van der Waals surface area contributed by atoms with Gasteiger partial charge in [-0.2, -0.15) is 0 Å². The Morgan fingerprint density at radius 3 is 3.00 bits per heavy atom. The number of hydrogen-bond donors (Lipinski definition) is 1. The van der Waals surface area contributed by atoms with Crippen LogP contribution in [0.4, 0.5) is 5.82 Å². The Morgan fingerprint density at radius 1 is 1.37 bits per heavy atom. The summed E-state index contributed by atoms with van der Waals surface area (Å²) in [7, 11) is 0. The lowest BCUT2D eigenvalue weighted by Gasteiger charge is -2.04. The predicted molar refractivity (Wildman–Crippen MR) is 73.8 cm³/mol. The van der Waals surface area contributed by atoms with Gasteiger partial charge in [0.05, 0.1) is 18.2 Å². The largest absolute Gasteiger partial charge is 0.383 e. The fraction of sp³-hybridized carbons (Fsp3) is 0.286. The molecule has 19 heavy (non-hydrogen) atoms. The summed E-state index contributed by atoms with van der Waals surface area (Å²) in [6.07, 6.45) is 8.13. The summed E-state index contributed by atoms with van der Waals surface area (Å²) in [4.78, 5) is 8.91. The molecule has 0 saturated heterocycles. The van der Waals surface area contributed by atoms with Gasteiger partial charge in [-0.25, -0.2) is 9.97 Å². The second-order valence-electron chi connectivity index (χ2n) is 5.20. The third-order valence-electron chi connectivity index (χ3n) is 3.67. The van der Waals surface area contributed by atoms with Crippen molar-refractivity contribution < 1.29 is 0 Å². The van der Waals surface area contributed by atoms with E-state index in [0.29, 0.717) is 11.9 Å². The molecule has 1 saturated carbocycles. The summed E-state index contributed by atoms with van der Waals surface area (Å²) in [6.45, 7) is 2.05. The van der Waals surface area contributed by atoms with Crippen molar-refractivity contribution in [2.24, 2.45) is 0 Å². The van der Waals surface area contributed by atoms with E-state index in [2.05, 4.69) is 21.5 Å². The van der Waals surface area contributed by atoms with E-state index in [1.807, 2.05) is 35.3 Å². The number of rotatable bonds is 2. The van der Waals surface area contributed by atoms with Gasteiger partial charge in [-0.3, -0.25) is 4.40 Å². The number of anilines is 1. The lowest BCUT2D eigenvalue weighted by Crippen LogP contribution is -1.98. The van der Waals surface area contributed by atoms with Gasteiger partial charge < -0.3 is 10.3 Å². The van der Waals surface area contributed by atoms with Crippen molar-refractivity contribution in [1.82, 2.24) is 18.9 Å². The van der Waals surface area contributed by atoms with Gasteiger partial charge in [0.25, 0.3) is 0 Å². The lowest BCUT2D eigenvalue weighted by molar-refractivity contribution is 0.746. The zero-order valence-electron chi connectivity index (χ0n) is 10.7. The van der Waals surface area contributed by atoms with Crippen molar-refractivity contribution in [3.63, 3.8) is 0 Å². The molecule has 3 heterocycles. The average Bonchev–Trinajstić information content (AvgIpc) is 3.04. The molecule has 2 N–H and O–H groups in total. The van der Waals surface area contributed by atoms with Crippen LogP contribution in [0.2, 0.25) is 0 Å². The van der Waals surface area contributed by atoms with Crippen molar-refractivity contribution in [3.8, 4) is 11.4 Å². The van der Waals surface area contributed by atoms with Crippen LogP contribution in [-0.2, 0) is 0 Å². The molecular weight excluding hydrogens is 238 g/mol. The molecule has 4 rings (SSSR count). The topological polar surface area (TPSA) is 61.1 Å². The molecule has 1 aliphatic rings. The molecular formula is C14H15N5. The van der Waals surface area contributed by atoms with E-state index in [4.69, 9.17) is 5.73 Å². The number of nitrogens with two attached hydrogens (primary N) is 1. The van der Waals surface area contributed by atoms with Gasteiger partial charge in [0.2, 0.25) is 0 Å². The quantitative estimate of drug-likeness (QED) is 0.763. The van der Waals surface area contributed by atoms with Crippen LogP contribution in [0.1, 0.15) is 24.4 Å². The van der Waals surface area contributed by atoms with Gasteiger partial charge >= 0.3 is 0 Å². The fourth-order valence-corrected chi connectivity index (χ4v) is 2.49. The Kier molecular flexibility index (Phi) is 2.01. The van der Waals surface area contributed by atoms with E-state index >= 15 is 0 Å². The molecule has 0 amide bonds. The highest BCUT2D eigenvalue weighted by Gasteiger charge is 2.27. The van der Waals surface area contributed by atoms with Crippen LogP contribution in [0, 0.1) is 6.92 Å². The van der Waals surface area contributed by atoms with Crippen LogP contribution >= 0.6 is 0 Å². The van der Waals surface area contributed by atoms with Crippen LogP contribution in [0.3, 0.4) is 0 Å². The summed E-state index contributed by atoms with van der Waals surface area (Å²) < 4.78 is 4.11. The van der Waals surface area contributed by atoms with Crippen LogP contribution in [0.5, 0.6) is 0 Å². The normalized spacial score (nSPS) is 15.2. The molecule has 0 radical (unpaired) electrons. The molecule has 3 aromatic rings. The minimum atomic E-state index is 0.573. The first-order chi connectivity index (χ1) is 9.24. The van der Waals surface area contributed by atoms with Gasteiger partial charge in [-0.15, -0.1) is 0 Å². The molecule has 1 fully saturated rings. The van der Waals surface area contributed by atoms with Crippen LogP contribution in [0.15, 0.2) is 30.9 Å². The number of nitrogens with zero attached hydrogens (tertiary/aromatic N) is 4. The first-order valence-corrected chi connectivity index (χ1v) is 6.50. The number of aromatic nitrogens is 4. The van der Waals surface area contributed by atoms with Crippen molar-refractivity contribution >= 4 is 11.5 Å². The van der Waals surface area contributed by atoms with Crippen LogP contribution in [-0.4, -0.2) is 18.9 Å². The van der Waals surface area contributed by atoms with Crippen LogP contribution in [0.25, 0.3) is 17.0 Å². The standard InChI is InChI=1S/C14H15N5/c1-9-4-5-18-12(6-9)17-13(14(18)15)11-7-16-8-19(11)10-2-3-10/h4-8,10H,2-3,15H2,1H3. The van der Waals surface area contributed by atoms with Crippen molar-refractivity contribution in [1.29, 1.82) is 0 Å². The van der Waals surface area contributed by atoms with Gasteiger partial charge in [0, 0.05) is 12.2 Å². The highest BCUT2D eigenvalue weighted by Crippen LogP contribution is 2.39. The predicted octanol–water partition coefficient (Wildman–Crippen LogP) is 2.42. The number of aryl methyl sites for hydroxylation is 1. The van der Waals surface area contributed by atoms with E-state index in [1.165, 1.54) is 18.4 Å². The molecule has 0 bridgehead atoms. The SMILES string of the molecule is Cc1ccn2c(N)c(-c3cncn3C3CC3)nc2c1. The van der Waals surface area contributed by atoms with Gasteiger partial charge in [0.1, 0.15) is 17.2 Å². The van der Waals surface area contributed by atoms with E-state index < -0.39 is 0 Å². The maximum atomic E-state index is 6.23. The summed E-state index contributed by atoms with van der Waals surface area (Å²) in [5.41, 5.74) is 10.1. The van der Waals surface area contributed by atoms with E-state index in [1.54, 1.807) is 0 Å². The summed E-state index contributed by atoms with van der Waals surface area (Å²) >= 11 is 0. The molecule has 1 aliphatic carbocycles. The average molecular weight is 253 g/mol. The first kappa shape index (κ1) is 10.6. The zero-order chi connectivity index (χ0) is 13.0. The number of hydrogen-bond acceptors (Lipinski definition) is 3. The third-order valence-corrected chi connectivity index (χ3v) is 3.67. The molecule has 5 nitrogen and oxygen atoms in total. The Hall–Kier alpha value is -2.30. The number of nitrogen functional groups attached to an aromatic ring is 1. The third kappa shape index (κ3) is 1.54. The van der Waals surface area contributed by atoms with Crippen molar-refractivity contribution in [2.45, 2.75) is 25.8 Å². The van der Waals surface area contributed by atoms with Crippen molar-refractivity contribution in [3.05, 3.63) is 36.4 Å². The first-order valence-electron chi connectivity index (χ1n) is 6.50. The number of imidazole rings is 2. The van der Waals surface area contributed by atoms with Crippen molar-refractivity contribution in [2.75, 3.05) is 5.73 Å². The smallest absolute Gasteiger partial charge is 0.139 e. The highest BCUT2D eigenvalue weighted by molar-refractivity contribution is 5.72. The highest BCUT2D eigenvalue weighted by atomic mass is 15.1. The Balaban J connectivity index is 1.95. The van der Waals surface area contributed by atoms with Gasteiger partial charge in [-0.05, 0) is 37.5 Å². The molecule has 0 spiro atoms. The molecule has 0 atom stereocenters. The minimum Gasteiger partial charge on any atom is -0.383 e. The molecule has 3 aromatic heterocycles. The summed E-state index contributed by atoms with van der Waals surface area (Å²) in [5, 5.41) is 0.